The zero-order valence-corrected chi connectivity index (χ0v) is 23.6. The van der Waals surface area contributed by atoms with Gasteiger partial charge in [-0.3, -0.25) is 4.79 Å². The first kappa shape index (κ1) is 25.6. The van der Waals surface area contributed by atoms with Crippen LogP contribution in [0.3, 0.4) is 0 Å². The number of hydrogen-bond acceptors (Lipinski definition) is 4. The number of aryl methyl sites for hydroxylation is 1. The molecule has 8 heteroatoms. The maximum Gasteiger partial charge on any atom is 0.243 e. The van der Waals surface area contributed by atoms with E-state index in [4.69, 9.17) is 0 Å². The van der Waals surface area contributed by atoms with Crippen LogP contribution < -0.4 is 0 Å². The van der Waals surface area contributed by atoms with Gasteiger partial charge in [0.1, 0.15) is 0 Å². The second kappa shape index (κ2) is 10.8. The van der Waals surface area contributed by atoms with Crippen LogP contribution in [0.2, 0.25) is 0 Å². The molecule has 1 atom stereocenters. The number of hydrogen-bond donors (Lipinski definition) is 0. The Morgan fingerprint density at radius 1 is 1.03 bits per heavy atom. The van der Waals surface area contributed by atoms with Gasteiger partial charge >= 0.3 is 0 Å². The first-order chi connectivity index (χ1) is 17.4. The molecule has 0 bridgehead atoms. The van der Waals surface area contributed by atoms with E-state index in [9.17, 15) is 13.2 Å². The molecule has 1 saturated carbocycles. The van der Waals surface area contributed by atoms with Crippen molar-refractivity contribution in [3.8, 4) is 0 Å². The topological polar surface area (TPSA) is 57.7 Å². The summed E-state index contributed by atoms with van der Waals surface area (Å²) >= 11 is 5.13. The fourth-order valence-corrected chi connectivity index (χ4v) is 8.36. The third-order valence-electron chi connectivity index (χ3n) is 7.46. The maximum atomic E-state index is 14.0. The van der Waals surface area contributed by atoms with Gasteiger partial charge in [-0.25, -0.2) is 8.42 Å². The maximum absolute atomic E-state index is 14.0. The van der Waals surface area contributed by atoms with Crippen LogP contribution >= 0.6 is 27.3 Å². The molecule has 1 fully saturated rings. The second-order valence-electron chi connectivity index (χ2n) is 9.69. The van der Waals surface area contributed by atoms with Crippen LogP contribution in [0.5, 0.6) is 0 Å². The lowest BCUT2D eigenvalue weighted by Gasteiger charge is -2.39. The van der Waals surface area contributed by atoms with Gasteiger partial charge in [0.25, 0.3) is 0 Å². The van der Waals surface area contributed by atoms with Crippen LogP contribution in [0.4, 0.5) is 0 Å². The van der Waals surface area contributed by atoms with Crippen molar-refractivity contribution in [2.45, 2.75) is 62.4 Å². The third-order valence-corrected chi connectivity index (χ3v) is 10.9. The van der Waals surface area contributed by atoms with E-state index in [0.29, 0.717) is 6.54 Å². The van der Waals surface area contributed by atoms with Crippen molar-refractivity contribution in [3.05, 3.63) is 86.0 Å². The monoisotopic (exact) mass is 586 g/mol. The summed E-state index contributed by atoms with van der Waals surface area (Å²) in [5.41, 5.74) is 3.39. The van der Waals surface area contributed by atoms with Crippen LogP contribution in [0, 0.1) is 6.92 Å². The molecule has 1 aromatic heterocycles. The molecule has 36 heavy (non-hydrogen) atoms. The zero-order chi connectivity index (χ0) is 25.3. The van der Waals surface area contributed by atoms with Gasteiger partial charge in [0.05, 0.1) is 17.5 Å². The Labute approximate surface area is 226 Å². The predicted octanol–water partition coefficient (Wildman–Crippen LogP) is 6.32. The molecule has 0 saturated heterocycles. The minimum Gasteiger partial charge on any atom is -0.330 e. The molecule has 1 aliphatic heterocycles. The first-order valence-corrected chi connectivity index (χ1v) is 15.7. The van der Waals surface area contributed by atoms with Crippen molar-refractivity contribution in [3.63, 3.8) is 0 Å². The number of fused-ring (bicyclic) bond motifs is 1. The molecule has 2 aliphatic rings. The van der Waals surface area contributed by atoms with Crippen LogP contribution in [-0.4, -0.2) is 42.7 Å². The lowest BCUT2D eigenvalue weighted by atomic mass is 9.90. The van der Waals surface area contributed by atoms with Crippen molar-refractivity contribution < 1.29 is 13.2 Å². The number of thiophene rings is 1. The largest absolute Gasteiger partial charge is 0.330 e. The predicted molar refractivity (Wildman–Crippen MR) is 148 cm³/mol. The summed E-state index contributed by atoms with van der Waals surface area (Å²) in [5, 5.41) is 2.09. The molecule has 5 nitrogen and oxygen atoms in total. The highest BCUT2D eigenvalue weighted by Crippen LogP contribution is 2.39. The van der Waals surface area contributed by atoms with Gasteiger partial charge in [0.15, 0.2) is 0 Å². The molecule has 2 heterocycles. The van der Waals surface area contributed by atoms with Crippen LogP contribution in [-0.2, 0) is 21.2 Å². The Morgan fingerprint density at radius 3 is 2.47 bits per heavy atom. The van der Waals surface area contributed by atoms with E-state index in [1.165, 1.54) is 9.18 Å². The smallest absolute Gasteiger partial charge is 0.243 e. The van der Waals surface area contributed by atoms with Gasteiger partial charge in [0, 0.05) is 21.9 Å². The van der Waals surface area contributed by atoms with Gasteiger partial charge in [-0.05, 0) is 78.6 Å². The molecule has 1 unspecified atom stereocenters. The molecule has 3 aromatic rings. The molecular weight excluding hydrogens is 556 g/mol. The highest BCUT2D eigenvalue weighted by atomic mass is 79.9. The summed E-state index contributed by atoms with van der Waals surface area (Å²) in [6, 6.07) is 16.7. The number of halogens is 1. The van der Waals surface area contributed by atoms with Crippen LogP contribution in [0.1, 0.15) is 59.7 Å². The molecule has 0 spiro atoms. The van der Waals surface area contributed by atoms with E-state index >= 15 is 0 Å². The van der Waals surface area contributed by atoms with Gasteiger partial charge in [-0.15, -0.1) is 11.3 Å². The van der Waals surface area contributed by atoms with Crippen molar-refractivity contribution >= 4 is 43.2 Å². The highest BCUT2D eigenvalue weighted by Gasteiger charge is 2.38. The summed E-state index contributed by atoms with van der Waals surface area (Å²) < 4.78 is 30.0. The molecule has 0 N–H and O–H groups in total. The van der Waals surface area contributed by atoms with Gasteiger partial charge in [-0.2, -0.15) is 4.31 Å². The Kier molecular flexibility index (Phi) is 7.67. The van der Waals surface area contributed by atoms with E-state index in [-0.39, 0.29) is 29.4 Å². The number of benzene rings is 2. The third kappa shape index (κ3) is 5.05. The average molecular weight is 588 g/mol. The molecule has 1 aliphatic carbocycles. The molecule has 0 radical (unpaired) electrons. The van der Waals surface area contributed by atoms with E-state index in [1.54, 1.807) is 35.6 Å². The highest BCUT2D eigenvalue weighted by molar-refractivity contribution is 9.10. The lowest BCUT2D eigenvalue weighted by molar-refractivity contribution is -0.134. The Bertz CT molecular complexity index is 1330. The van der Waals surface area contributed by atoms with Crippen molar-refractivity contribution in [1.82, 2.24) is 9.21 Å². The summed E-state index contributed by atoms with van der Waals surface area (Å²) in [5.74, 6) is -0.133. The summed E-state index contributed by atoms with van der Waals surface area (Å²) in [7, 11) is -3.82. The Morgan fingerprint density at radius 2 is 1.75 bits per heavy atom. The SMILES string of the molecule is Cc1ccccc1C1c2ccsc2CCN1C(=O)CN(C1CCCCC1)S(=O)(=O)c1ccc(Br)cc1. The Hall–Kier alpha value is -2.00. The fraction of sp³-hybridized carbons (Fsp3) is 0.393. The molecular formula is C28H31BrN2O3S2. The van der Waals surface area contributed by atoms with E-state index in [2.05, 4.69) is 46.4 Å². The van der Waals surface area contributed by atoms with Crippen LogP contribution in [0.25, 0.3) is 0 Å². The molecule has 5 rings (SSSR count). The number of carbonyl (C=O) groups is 1. The minimum absolute atomic E-state index is 0.133. The van der Waals surface area contributed by atoms with Crippen LogP contribution in [0.15, 0.2) is 69.3 Å². The van der Waals surface area contributed by atoms with Crippen molar-refractivity contribution in [1.29, 1.82) is 0 Å². The first-order valence-electron chi connectivity index (χ1n) is 12.5. The van der Waals surface area contributed by atoms with Gasteiger partial charge in [-0.1, -0.05) is 59.5 Å². The molecule has 1 amide bonds. The van der Waals surface area contributed by atoms with Gasteiger partial charge < -0.3 is 4.90 Å². The number of sulfonamides is 1. The molecule has 2 aromatic carbocycles. The summed E-state index contributed by atoms with van der Waals surface area (Å²) in [4.78, 5) is 17.5. The zero-order valence-electron chi connectivity index (χ0n) is 20.4. The van der Waals surface area contributed by atoms with E-state index < -0.39 is 10.0 Å². The van der Waals surface area contributed by atoms with Gasteiger partial charge in [0.2, 0.25) is 15.9 Å². The van der Waals surface area contributed by atoms with Crippen molar-refractivity contribution in [2.24, 2.45) is 0 Å². The molecule has 190 valence electrons. The Balaban J connectivity index is 1.50. The fourth-order valence-electron chi connectivity index (χ4n) is 5.56. The second-order valence-corrected chi connectivity index (χ2v) is 13.5. The number of nitrogens with zero attached hydrogens (tertiary/aromatic N) is 2. The minimum atomic E-state index is -3.82. The number of carbonyl (C=O) groups excluding carboxylic acids is 1. The summed E-state index contributed by atoms with van der Waals surface area (Å²) in [6.45, 7) is 2.53. The van der Waals surface area contributed by atoms with Crippen molar-refractivity contribution in [2.75, 3.05) is 13.1 Å². The van der Waals surface area contributed by atoms with E-state index in [0.717, 1.165) is 59.7 Å². The lowest BCUT2D eigenvalue weighted by Crippen LogP contribution is -2.50. The quantitative estimate of drug-likeness (QED) is 0.340. The van der Waals surface area contributed by atoms with E-state index in [1.807, 2.05) is 17.0 Å². The summed E-state index contributed by atoms with van der Waals surface area (Å²) in [6.07, 6.45) is 5.46. The normalized spacial score (nSPS) is 18.9. The average Bonchev–Trinajstić information content (AvgIpc) is 3.37. The standard InChI is InChI=1S/C28H31BrN2O3S2/c1-20-7-5-6-10-24(20)28-25-16-18-35-26(25)15-17-30(28)27(32)19-31(22-8-3-2-4-9-22)36(33,34)23-13-11-21(29)12-14-23/h5-7,10-14,16,18,22,28H,2-4,8-9,15,17,19H2,1H3. The number of rotatable bonds is 6. The number of amides is 1.